The van der Waals surface area contributed by atoms with Crippen molar-refractivity contribution < 1.29 is 13.0 Å². The van der Waals surface area contributed by atoms with Gasteiger partial charge in [-0.2, -0.15) is 8.42 Å². The second kappa shape index (κ2) is 6.76. The zero-order chi connectivity index (χ0) is 12.3. The van der Waals surface area contributed by atoms with E-state index in [-0.39, 0.29) is 53.8 Å². The first-order chi connectivity index (χ1) is 8.05. The Morgan fingerprint density at radius 3 is 1.83 bits per heavy atom. The van der Waals surface area contributed by atoms with Crippen molar-refractivity contribution in [2.75, 3.05) is 5.32 Å². The topological polar surface area (TPSA) is 66.4 Å². The molecule has 0 fully saturated rings. The Balaban J connectivity index is 0.00000162. The minimum atomic E-state index is -4.12. The van der Waals surface area contributed by atoms with E-state index in [9.17, 15) is 8.42 Å². The number of hydrogen-bond donors (Lipinski definition) is 2. The fraction of sp³-hybridized carbons (Fsp3) is 0. The van der Waals surface area contributed by atoms with E-state index in [1.54, 1.807) is 12.1 Å². The normalized spacial score (nSPS) is 10.5. The van der Waals surface area contributed by atoms with Crippen molar-refractivity contribution >= 4 is 70.4 Å². The molecule has 2 aromatic rings. The minimum Gasteiger partial charge on any atom is -0.356 e. The van der Waals surface area contributed by atoms with Gasteiger partial charge in [-0.05, 0) is 36.4 Å². The Kier molecular flexibility index (Phi) is 5.93. The molecule has 88 valence electrons. The molecule has 2 N–H and O–H groups in total. The second-order valence-corrected chi connectivity index (χ2v) is 4.91. The summed E-state index contributed by atoms with van der Waals surface area (Å²) in [5, 5.41) is 3.11. The van der Waals surface area contributed by atoms with Crippen LogP contribution in [0.15, 0.2) is 59.5 Å². The number of benzene rings is 2. The van der Waals surface area contributed by atoms with Crippen LogP contribution in [0.1, 0.15) is 0 Å². The van der Waals surface area contributed by atoms with E-state index in [4.69, 9.17) is 4.55 Å². The van der Waals surface area contributed by atoms with Gasteiger partial charge in [0.1, 0.15) is 0 Å². The van der Waals surface area contributed by atoms with Gasteiger partial charge in [-0.25, -0.2) is 0 Å². The predicted octanol–water partition coefficient (Wildman–Crippen LogP) is 2.30. The number of anilines is 2. The summed E-state index contributed by atoms with van der Waals surface area (Å²) in [5.74, 6) is 0. The molecular weight excluding hydrogens is 376 g/mol. The van der Waals surface area contributed by atoms with Crippen LogP contribution in [0.2, 0.25) is 0 Å². The van der Waals surface area contributed by atoms with Gasteiger partial charge in [0.2, 0.25) is 0 Å². The Bertz CT molecular complexity index is 597. The molecule has 0 aliphatic carbocycles. The fourth-order valence-electron chi connectivity index (χ4n) is 1.40. The Hall–Kier alpha value is -0.279. The molecule has 2 aromatic carbocycles. The Morgan fingerprint density at radius 2 is 1.33 bits per heavy atom. The van der Waals surface area contributed by atoms with Crippen molar-refractivity contribution in [2.45, 2.75) is 4.90 Å². The maximum absolute atomic E-state index is 10.8. The second-order valence-electron chi connectivity index (χ2n) is 3.49. The van der Waals surface area contributed by atoms with E-state index >= 15 is 0 Å². The summed E-state index contributed by atoms with van der Waals surface area (Å²) >= 11 is 0. The van der Waals surface area contributed by atoms with Gasteiger partial charge in [0.15, 0.2) is 0 Å². The van der Waals surface area contributed by atoms with Crippen LogP contribution in [0.3, 0.4) is 0 Å². The van der Waals surface area contributed by atoms with Gasteiger partial charge in [-0.15, -0.1) is 0 Å². The van der Waals surface area contributed by atoms with E-state index in [0.717, 1.165) is 11.4 Å². The third-order valence-electron chi connectivity index (χ3n) is 2.21. The fourth-order valence-corrected chi connectivity index (χ4v) is 1.88. The molecule has 0 unspecified atom stereocenters. The van der Waals surface area contributed by atoms with Crippen LogP contribution in [0.4, 0.5) is 11.4 Å². The summed E-state index contributed by atoms with van der Waals surface area (Å²) in [6.07, 6.45) is 0. The molecule has 0 aliphatic heterocycles. The quantitative estimate of drug-likeness (QED) is 0.627. The van der Waals surface area contributed by atoms with Crippen LogP contribution < -0.4 is 5.32 Å². The molecule has 0 bridgehead atoms. The SMILES string of the molecule is O=S(=O)(O)c1ccc(Nc2ccccc2)cc1.[Ba+2]. The third kappa shape index (κ3) is 4.43. The van der Waals surface area contributed by atoms with Crippen molar-refractivity contribution in [3.05, 3.63) is 54.6 Å². The molecule has 0 saturated heterocycles. The van der Waals surface area contributed by atoms with Crippen LogP contribution in [0.25, 0.3) is 0 Å². The summed E-state index contributed by atoms with van der Waals surface area (Å²) in [6, 6.07) is 15.4. The smallest absolute Gasteiger partial charge is 0.356 e. The first-order valence-corrected chi connectivity index (χ1v) is 6.39. The minimum absolute atomic E-state index is 0. The number of para-hydroxylation sites is 1. The molecule has 6 heteroatoms. The molecule has 0 heterocycles. The van der Waals surface area contributed by atoms with Crippen LogP contribution in [-0.4, -0.2) is 61.9 Å². The van der Waals surface area contributed by atoms with Gasteiger partial charge in [-0.1, -0.05) is 18.2 Å². The molecule has 0 spiro atoms. The molecule has 18 heavy (non-hydrogen) atoms. The monoisotopic (exact) mass is 387 g/mol. The van der Waals surface area contributed by atoms with Gasteiger partial charge < -0.3 is 5.32 Å². The first-order valence-electron chi connectivity index (χ1n) is 4.95. The molecule has 0 aromatic heterocycles. The predicted molar refractivity (Wildman–Crippen MR) is 71.7 cm³/mol. The molecule has 2 rings (SSSR count). The average Bonchev–Trinajstić information content (AvgIpc) is 2.30. The van der Waals surface area contributed by atoms with Crippen molar-refractivity contribution in [3.63, 3.8) is 0 Å². The number of hydrogen-bond acceptors (Lipinski definition) is 3. The Labute approximate surface area is 146 Å². The summed E-state index contributed by atoms with van der Waals surface area (Å²) < 4.78 is 30.5. The van der Waals surface area contributed by atoms with E-state index in [2.05, 4.69) is 5.32 Å². The molecule has 0 saturated carbocycles. The van der Waals surface area contributed by atoms with Crippen molar-refractivity contribution in [1.29, 1.82) is 0 Å². The average molecular weight is 387 g/mol. The maximum atomic E-state index is 10.8. The van der Waals surface area contributed by atoms with Gasteiger partial charge >= 0.3 is 48.9 Å². The molecule has 0 aliphatic rings. The summed E-state index contributed by atoms with van der Waals surface area (Å²) in [5.41, 5.74) is 1.66. The first kappa shape index (κ1) is 15.8. The van der Waals surface area contributed by atoms with E-state index in [0.29, 0.717) is 0 Å². The van der Waals surface area contributed by atoms with Gasteiger partial charge in [0.25, 0.3) is 10.1 Å². The van der Waals surface area contributed by atoms with Gasteiger partial charge in [0.05, 0.1) is 4.90 Å². The largest absolute Gasteiger partial charge is 2.00 e. The Morgan fingerprint density at radius 1 is 0.833 bits per heavy atom. The van der Waals surface area contributed by atoms with E-state index in [1.165, 1.54) is 12.1 Å². The van der Waals surface area contributed by atoms with Crippen LogP contribution in [-0.2, 0) is 10.1 Å². The van der Waals surface area contributed by atoms with Gasteiger partial charge in [0, 0.05) is 11.4 Å². The van der Waals surface area contributed by atoms with Crippen molar-refractivity contribution in [2.24, 2.45) is 0 Å². The van der Waals surface area contributed by atoms with Crippen molar-refractivity contribution in [3.8, 4) is 0 Å². The molecule has 4 nitrogen and oxygen atoms in total. The van der Waals surface area contributed by atoms with Crippen LogP contribution >= 0.6 is 0 Å². The standard InChI is InChI=1S/C12H11NO3S.Ba/c14-17(15,16)12-8-6-11(7-9-12)13-10-4-2-1-3-5-10;/h1-9,13H,(H,14,15,16);/q;+2. The van der Waals surface area contributed by atoms with Crippen LogP contribution in [0.5, 0.6) is 0 Å². The summed E-state index contributed by atoms with van der Waals surface area (Å²) in [6.45, 7) is 0. The number of nitrogens with one attached hydrogen (secondary N) is 1. The van der Waals surface area contributed by atoms with Crippen LogP contribution in [0, 0.1) is 0 Å². The summed E-state index contributed by atoms with van der Waals surface area (Å²) in [7, 11) is -4.12. The van der Waals surface area contributed by atoms with Gasteiger partial charge in [-0.3, -0.25) is 4.55 Å². The molecular formula is C12H11BaNO3S+2. The molecule has 0 atom stereocenters. The zero-order valence-corrected chi connectivity index (χ0v) is 14.8. The maximum Gasteiger partial charge on any atom is 2.00 e. The number of rotatable bonds is 3. The molecule has 0 amide bonds. The molecule has 0 radical (unpaired) electrons. The van der Waals surface area contributed by atoms with E-state index < -0.39 is 10.1 Å². The van der Waals surface area contributed by atoms with E-state index in [1.807, 2.05) is 30.3 Å². The summed E-state index contributed by atoms with van der Waals surface area (Å²) in [4.78, 5) is -0.115. The third-order valence-corrected chi connectivity index (χ3v) is 3.08. The zero-order valence-electron chi connectivity index (χ0n) is 9.58. The van der Waals surface area contributed by atoms with Crippen molar-refractivity contribution in [1.82, 2.24) is 0 Å².